The van der Waals surface area contributed by atoms with E-state index in [1.54, 1.807) is 0 Å². The minimum absolute atomic E-state index is 0.328. The summed E-state index contributed by atoms with van der Waals surface area (Å²) in [5, 5.41) is 11.0. The van der Waals surface area contributed by atoms with Crippen molar-refractivity contribution >= 4 is 0 Å². The van der Waals surface area contributed by atoms with Crippen LogP contribution in [-0.2, 0) is 12.0 Å². The highest BCUT2D eigenvalue weighted by Gasteiger charge is 2.43. The highest BCUT2D eigenvalue weighted by molar-refractivity contribution is 5.28. The highest BCUT2D eigenvalue weighted by atomic mass is 16.3. The van der Waals surface area contributed by atoms with E-state index in [1.807, 2.05) is 0 Å². The summed E-state index contributed by atoms with van der Waals surface area (Å²) >= 11 is 0. The molecule has 1 aromatic carbocycles. The van der Waals surface area contributed by atoms with Crippen molar-refractivity contribution in [2.75, 3.05) is 0 Å². The van der Waals surface area contributed by atoms with Crippen LogP contribution >= 0.6 is 0 Å². The zero-order chi connectivity index (χ0) is 13.4. The molecule has 1 saturated carbocycles. The highest BCUT2D eigenvalue weighted by Crippen LogP contribution is 2.48. The minimum atomic E-state index is -0.623. The molecule has 0 heterocycles. The Hall–Kier alpha value is -0.820. The molecule has 0 aliphatic heterocycles. The first-order valence-corrected chi connectivity index (χ1v) is 7.19. The van der Waals surface area contributed by atoms with Gasteiger partial charge in [-0.1, -0.05) is 52.0 Å². The number of hydrogen-bond donors (Lipinski definition) is 1. The van der Waals surface area contributed by atoms with Crippen LogP contribution in [-0.4, -0.2) is 5.11 Å². The van der Waals surface area contributed by atoms with Gasteiger partial charge in [0.15, 0.2) is 0 Å². The van der Waals surface area contributed by atoms with Crippen molar-refractivity contribution in [3.05, 3.63) is 35.4 Å². The van der Waals surface area contributed by atoms with Gasteiger partial charge in [0, 0.05) is 0 Å². The van der Waals surface area contributed by atoms with E-state index in [9.17, 15) is 5.11 Å². The van der Waals surface area contributed by atoms with Crippen LogP contribution in [0.15, 0.2) is 24.3 Å². The van der Waals surface area contributed by atoms with Crippen molar-refractivity contribution in [1.29, 1.82) is 0 Å². The molecule has 2 rings (SSSR count). The topological polar surface area (TPSA) is 20.2 Å². The number of rotatable bonds is 2. The van der Waals surface area contributed by atoms with Crippen LogP contribution in [0.2, 0.25) is 0 Å². The molecule has 1 nitrogen and oxygen atoms in total. The minimum Gasteiger partial charge on any atom is -0.385 e. The molecule has 1 aromatic rings. The van der Waals surface area contributed by atoms with Gasteiger partial charge >= 0.3 is 0 Å². The maximum atomic E-state index is 11.0. The van der Waals surface area contributed by atoms with Crippen molar-refractivity contribution in [2.24, 2.45) is 11.3 Å². The van der Waals surface area contributed by atoms with Gasteiger partial charge in [0.05, 0.1) is 5.60 Å². The molecule has 2 unspecified atom stereocenters. The summed E-state index contributed by atoms with van der Waals surface area (Å²) in [6.07, 6.45) is 4.14. The Bertz CT molecular complexity index is 404. The monoisotopic (exact) mass is 246 g/mol. The second-order valence-corrected chi connectivity index (χ2v) is 6.74. The van der Waals surface area contributed by atoms with E-state index in [4.69, 9.17) is 0 Å². The summed E-state index contributed by atoms with van der Waals surface area (Å²) in [4.78, 5) is 0. The Balaban J connectivity index is 2.25. The predicted octanol–water partition coefficient (Wildman–Crippen LogP) is 4.28. The van der Waals surface area contributed by atoms with E-state index in [0.29, 0.717) is 11.3 Å². The van der Waals surface area contributed by atoms with Gasteiger partial charge in [0.2, 0.25) is 0 Å². The van der Waals surface area contributed by atoms with Crippen LogP contribution in [0.1, 0.15) is 58.1 Å². The summed E-state index contributed by atoms with van der Waals surface area (Å²) in [7, 11) is 0. The lowest BCUT2D eigenvalue weighted by molar-refractivity contribution is -0.0769. The molecule has 1 aliphatic rings. The Labute approximate surface area is 111 Å². The van der Waals surface area contributed by atoms with E-state index in [2.05, 4.69) is 52.0 Å². The van der Waals surface area contributed by atoms with Crippen LogP contribution in [0.5, 0.6) is 0 Å². The molecule has 2 atom stereocenters. The molecule has 1 N–H and O–H groups in total. The van der Waals surface area contributed by atoms with Gasteiger partial charge in [-0.05, 0) is 48.1 Å². The zero-order valence-electron chi connectivity index (χ0n) is 12.2. The standard InChI is InChI=1S/C17H26O/c1-5-14-6-8-15(9-7-14)17(18)11-10-16(3,4)12-13(17)2/h6-9,13,18H,5,10-12H2,1-4H3. The van der Waals surface area contributed by atoms with Gasteiger partial charge in [-0.2, -0.15) is 0 Å². The van der Waals surface area contributed by atoms with Crippen molar-refractivity contribution in [2.45, 2.75) is 59.0 Å². The van der Waals surface area contributed by atoms with Crippen LogP contribution in [0.4, 0.5) is 0 Å². The molecule has 1 fully saturated rings. The number of benzene rings is 1. The molecule has 1 aliphatic carbocycles. The SMILES string of the molecule is CCc1ccc(C2(O)CCC(C)(C)CC2C)cc1. The van der Waals surface area contributed by atoms with E-state index in [1.165, 1.54) is 5.56 Å². The molecule has 0 amide bonds. The largest absolute Gasteiger partial charge is 0.385 e. The predicted molar refractivity (Wildman–Crippen MR) is 76.5 cm³/mol. The quantitative estimate of drug-likeness (QED) is 0.825. The lowest BCUT2D eigenvalue weighted by Crippen LogP contribution is -2.41. The first-order chi connectivity index (χ1) is 8.37. The zero-order valence-corrected chi connectivity index (χ0v) is 12.2. The molecular formula is C17H26O. The molecule has 0 saturated heterocycles. The lowest BCUT2D eigenvalue weighted by atomic mass is 9.63. The van der Waals surface area contributed by atoms with Gasteiger partial charge < -0.3 is 5.11 Å². The second-order valence-electron chi connectivity index (χ2n) is 6.74. The third kappa shape index (κ3) is 2.47. The van der Waals surface area contributed by atoms with E-state index in [-0.39, 0.29) is 0 Å². The Morgan fingerprint density at radius 3 is 2.28 bits per heavy atom. The summed E-state index contributed by atoms with van der Waals surface area (Å²) in [6, 6.07) is 8.54. The van der Waals surface area contributed by atoms with Crippen LogP contribution in [0, 0.1) is 11.3 Å². The third-order valence-electron chi connectivity index (χ3n) is 4.72. The molecule has 18 heavy (non-hydrogen) atoms. The van der Waals surface area contributed by atoms with E-state index in [0.717, 1.165) is 31.2 Å². The Kier molecular flexibility index (Phi) is 3.55. The van der Waals surface area contributed by atoms with Crippen LogP contribution in [0.3, 0.4) is 0 Å². The third-order valence-corrected chi connectivity index (χ3v) is 4.72. The van der Waals surface area contributed by atoms with E-state index >= 15 is 0 Å². The Morgan fingerprint density at radius 1 is 1.17 bits per heavy atom. The van der Waals surface area contributed by atoms with Crippen LogP contribution < -0.4 is 0 Å². The normalized spacial score (nSPS) is 31.3. The summed E-state index contributed by atoms with van der Waals surface area (Å²) in [6.45, 7) is 8.97. The molecule has 100 valence electrons. The maximum absolute atomic E-state index is 11.0. The summed E-state index contributed by atoms with van der Waals surface area (Å²) in [5.74, 6) is 0.328. The maximum Gasteiger partial charge on any atom is 0.0922 e. The smallest absolute Gasteiger partial charge is 0.0922 e. The van der Waals surface area contributed by atoms with Gasteiger partial charge in [-0.25, -0.2) is 0 Å². The second kappa shape index (κ2) is 4.70. The summed E-state index contributed by atoms with van der Waals surface area (Å²) in [5.41, 5.74) is 2.19. The first-order valence-electron chi connectivity index (χ1n) is 7.19. The lowest BCUT2D eigenvalue weighted by Gasteiger charge is -2.45. The number of aliphatic hydroxyl groups is 1. The van der Waals surface area contributed by atoms with Crippen molar-refractivity contribution in [3.63, 3.8) is 0 Å². The van der Waals surface area contributed by atoms with E-state index < -0.39 is 5.60 Å². The van der Waals surface area contributed by atoms with Crippen molar-refractivity contribution in [1.82, 2.24) is 0 Å². The van der Waals surface area contributed by atoms with Gasteiger partial charge in [0.1, 0.15) is 0 Å². The average Bonchev–Trinajstić information content (AvgIpc) is 2.34. The average molecular weight is 246 g/mol. The molecule has 1 heteroatoms. The fourth-order valence-electron chi connectivity index (χ4n) is 3.33. The molecule has 0 spiro atoms. The van der Waals surface area contributed by atoms with Gasteiger partial charge in [-0.15, -0.1) is 0 Å². The molecule has 0 bridgehead atoms. The van der Waals surface area contributed by atoms with Gasteiger partial charge in [0.25, 0.3) is 0 Å². The number of aryl methyl sites for hydroxylation is 1. The molecule has 0 radical (unpaired) electrons. The van der Waals surface area contributed by atoms with Crippen molar-refractivity contribution in [3.8, 4) is 0 Å². The van der Waals surface area contributed by atoms with Gasteiger partial charge in [-0.3, -0.25) is 0 Å². The molecular weight excluding hydrogens is 220 g/mol. The summed E-state index contributed by atoms with van der Waals surface area (Å²) < 4.78 is 0. The first kappa shape index (κ1) is 13.6. The van der Waals surface area contributed by atoms with Crippen molar-refractivity contribution < 1.29 is 5.11 Å². The number of hydrogen-bond acceptors (Lipinski definition) is 1. The fourth-order valence-corrected chi connectivity index (χ4v) is 3.33. The molecule has 0 aromatic heterocycles. The van der Waals surface area contributed by atoms with Crippen LogP contribution in [0.25, 0.3) is 0 Å². The Morgan fingerprint density at radius 2 is 1.78 bits per heavy atom. The fraction of sp³-hybridized carbons (Fsp3) is 0.647.